The number of hydrogen-bond acceptors (Lipinski definition) is 4. The van der Waals surface area contributed by atoms with Gasteiger partial charge < -0.3 is 20.8 Å². The first kappa shape index (κ1) is 24.0. The fourth-order valence-electron chi connectivity index (χ4n) is 3.12. The van der Waals surface area contributed by atoms with Gasteiger partial charge in [-0.1, -0.05) is 48.5 Å². The first-order chi connectivity index (χ1) is 14.2. The van der Waals surface area contributed by atoms with Crippen LogP contribution >= 0.6 is 0 Å². The maximum atomic E-state index is 11.1. The number of para-hydroxylation sites is 1. The molecule has 0 aliphatic carbocycles. The van der Waals surface area contributed by atoms with Crippen molar-refractivity contribution in [3.8, 4) is 16.9 Å². The number of carbonyl (C=O) groups is 1. The van der Waals surface area contributed by atoms with E-state index in [0.717, 1.165) is 34.7 Å². The van der Waals surface area contributed by atoms with Crippen LogP contribution in [0.3, 0.4) is 0 Å². The van der Waals surface area contributed by atoms with Crippen molar-refractivity contribution in [3.05, 3.63) is 89.8 Å². The van der Waals surface area contributed by atoms with Gasteiger partial charge in [-0.3, -0.25) is 4.79 Å². The monoisotopic (exact) mass is 627 g/mol. The van der Waals surface area contributed by atoms with Gasteiger partial charge >= 0.3 is 0 Å². The Morgan fingerprint density at radius 1 is 0.967 bits per heavy atom. The fourth-order valence-corrected chi connectivity index (χ4v) is 3.12. The van der Waals surface area contributed by atoms with Crippen molar-refractivity contribution in [2.24, 2.45) is 0 Å². The Morgan fingerprint density at radius 3 is 2.47 bits per heavy atom. The Balaban J connectivity index is 0.00000320. The Kier molecular flexibility index (Phi) is 9.96. The minimum absolute atomic E-state index is 0. The molecule has 0 unspecified atom stereocenters. The van der Waals surface area contributed by atoms with Crippen molar-refractivity contribution >= 4 is 11.7 Å². The van der Waals surface area contributed by atoms with Crippen molar-refractivity contribution in [1.29, 1.82) is 0 Å². The quantitative estimate of drug-likeness (QED) is 0.305. The number of hydrogen-bond donors (Lipinski definition) is 1. The summed E-state index contributed by atoms with van der Waals surface area (Å²) in [6.45, 7) is 3.44. The summed E-state index contributed by atoms with van der Waals surface area (Å²) in [6, 6.07) is 24.3. The van der Waals surface area contributed by atoms with Crippen LogP contribution < -0.4 is 10.1 Å². The molecule has 2 N–H and O–H groups in total. The van der Waals surface area contributed by atoms with Gasteiger partial charge in [0, 0.05) is 55.3 Å². The van der Waals surface area contributed by atoms with Crippen molar-refractivity contribution in [1.82, 2.24) is 0 Å². The molecule has 0 saturated heterocycles. The number of benzene rings is 3. The van der Waals surface area contributed by atoms with E-state index < -0.39 is 5.97 Å². The molecule has 5 nitrogen and oxygen atoms in total. The Hall–Kier alpha value is -2.26. The van der Waals surface area contributed by atoms with Gasteiger partial charge in [-0.15, -0.1) is 0 Å². The fraction of sp³-hybridized carbons (Fsp3) is 0.208. The van der Waals surface area contributed by atoms with Crippen LogP contribution in [0.1, 0.15) is 24.5 Å². The molecule has 0 aliphatic rings. The summed E-state index contributed by atoms with van der Waals surface area (Å²) in [7, 11) is 0. The van der Waals surface area contributed by atoms with Gasteiger partial charge in [0.1, 0.15) is 12.4 Å². The third-order valence-corrected chi connectivity index (χ3v) is 4.59. The molecule has 30 heavy (non-hydrogen) atoms. The summed E-state index contributed by atoms with van der Waals surface area (Å²) < 4.78 is 5.93. The summed E-state index contributed by atoms with van der Waals surface area (Å²) in [5.74, 6) is 6.82. The summed E-state index contributed by atoms with van der Waals surface area (Å²) in [6.07, 6.45) is 0.746. The molecule has 0 radical (unpaired) electrons. The van der Waals surface area contributed by atoms with Crippen LogP contribution in [0, 0.1) is 31.1 Å². The normalized spacial score (nSPS) is 10.1. The Morgan fingerprint density at radius 2 is 1.73 bits per heavy atom. The van der Waals surface area contributed by atoms with E-state index in [4.69, 9.17) is 10.6 Å². The van der Waals surface area contributed by atoms with Crippen molar-refractivity contribution in [2.45, 2.75) is 26.4 Å². The van der Waals surface area contributed by atoms with Crippen molar-refractivity contribution in [2.75, 3.05) is 11.9 Å². The molecule has 3 aromatic carbocycles. The van der Waals surface area contributed by atoms with Crippen LogP contribution in [0.2, 0.25) is 0 Å². The zero-order valence-corrected chi connectivity index (χ0v) is 21.1. The van der Waals surface area contributed by atoms with Crippen LogP contribution in [-0.4, -0.2) is 12.5 Å². The minimum Gasteiger partial charge on any atom is -0.564 e. The second-order valence-electron chi connectivity index (χ2n) is 6.68. The molecule has 0 amide bonds. The number of ether oxygens (including phenoxy) is 1. The zero-order chi connectivity index (χ0) is 20.5. The number of carbonyl (C=O) groups excluding carboxylic acids is 1. The topological polar surface area (TPSA) is 71.4 Å². The van der Waals surface area contributed by atoms with Crippen LogP contribution in [0.4, 0.5) is 5.69 Å². The first-order valence-electron chi connectivity index (χ1n) is 9.70. The molecule has 3 rings (SSSR count). The SMILES string of the molecule is CCNc1ccccc1-c1cccc(COc2ccc(CCC(=O)O[NH-])cc2)c1.[U]. The molecule has 0 aliphatic heterocycles. The zero-order valence-electron chi connectivity index (χ0n) is 17.0. The van der Waals surface area contributed by atoms with Crippen LogP contribution in [0.25, 0.3) is 17.0 Å². The van der Waals surface area contributed by atoms with E-state index in [2.05, 4.69) is 47.4 Å². The molecule has 0 aromatic heterocycles. The van der Waals surface area contributed by atoms with E-state index in [1.54, 1.807) is 0 Å². The second-order valence-corrected chi connectivity index (χ2v) is 6.68. The maximum absolute atomic E-state index is 11.1. The van der Waals surface area contributed by atoms with Crippen LogP contribution in [0.15, 0.2) is 72.8 Å². The average Bonchev–Trinajstić information content (AvgIpc) is 2.77. The number of rotatable bonds is 9. The molecule has 0 bridgehead atoms. The van der Waals surface area contributed by atoms with Crippen molar-refractivity contribution in [3.63, 3.8) is 0 Å². The third-order valence-electron chi connectivity index (χ3n) is 4.59. The van der Waals surface area contributed by atoms with E-state index in [-0.39, 0.29) is 37.5 Å². The van der Waals surface area contributed by atoms with E-state index in [1.807, 2.05) is 42.5 Å². The second kappa shape index (κ2) is 12.4. The summed E-state index contributed by atoms with van der Waals surface area (Å²) in [4.78, 5) is 15.0. The van der Waals surface area contributed by atoms with Gasteiger partial charge in [-0.2, -0.15) is 0 Å². The van der Waals surface area contributed by atoms with E-state index in [9.17, 15) is 4.79 Å². The maximum Gasteiger partial charge on any atom is 0.290 e. The number of anilines is 1. The van der Waals surface area contributed by atoms with Gasteiger partial charge in [0.2, 0.25) is 0 Å². The van der Waals surface area contributed by atoms with Crippen LogP contribution in [-0.2, 0) is 22.7 Å². The van der Waals surface area contributed by atoms with Gasteiger partial charge in [0.05, 0.1) is 0 Å². The smallest absolute Gasteiger partial charge is 0.290 e. The summed E-state index contributed by atoms with van der Waals surface area (Å²) in [5.41, 5.74) is 5.55. The number of aryl methyl sites for hydroxylation is 1. The molecule has 0 atom stereocenters. The molecule has 154 valence electrons. The average molecular weight is 628 g/mol. The third kappa shape index (κ3) is 6.91. The molecule has 3 aromatic rings. The Bertz CT molecular complexity index is 945. The molecule has 0 spiro atoms. The van der Waals surface area contributed by atoms with E-state index >= 15 is 0 Å². The minimum atomic E-state index is -0.527. The standard InChI is InChI=1S/C24H25N2O3.U/c1-2-26-23-9-4-3-8-22(23)20-7-5-6-19(16-20)17-28-21-13-10-18(11-14-21)12-15-24(27)29-25;/h3-11,13-14,16,25-26H,2,12,15,17H2,1H3;/q-1;. The molecule has 0 heterocycles. The van der Waals surface area contributed by atoms with Crippen molar-refractivity contribution < 1.29 is 45.5 Å². The molecular formula is C24H25N2O3U-. The molecular weight excluding hydrogens is 602 g/mol. The summed E-state index contributed by atoms with van der Waals surface area (Å²) in [5, 5.41) is 3.41. The van der Waals surface area contributed by atoms with Gasteiger partial charge in [-0.05, 0) is 54.3 Å². The van der Waals surface area contributed by atoms with Gasteiger partial charge in [0.15, 0.2) is 0 Å². The van der Waals surface area contributed by atoms with E-state index in [1.165, 1.54) is 5.56 Å². The van der Waals surface area contributed by atoms with Gasteiger partial charge in [0.25, 0.3) is 5.97 Å². The summed E-state index contributed by atoms with van der Waals surface area (Å²) >= 11 is 0. The number of nitrogens with one attached hydrogen (secondary N) is 2. The predicted octanol–water partition coefficient (Wildman–Crippen LogP) is 5.81. The molecule has 0 saturated carbocycles. The largest absolute Gasteiger partial charge is 0.564 e. The van der Waals surface area contributed by atoms with E-state index in [0.29, 0.717) is 13.0 Å². The van der Waals surface area contributed by atoms with Gasteiger partial charge in [-0.25, -0.2) is 0 Å². The Labute approximate surface area is 201 Å². The predicted molar refractivity (Wildman–Crippen MR) is 116 cm³/mol. The van der Waals surface area contributed by atoms with Crippen LogP contribution in [0.5, 0.6) is 5.75 Å². The molecule has 0 fully saturated rings. The first-order valence-corrected chi connectivity index (χ1v) is 9.70. The molecule has 6 heteroatoms.